The molecular weight excluding hydrogens is 250 g/mol. The van der Waals surface area contributed by atoms with E-state index >= 15 is 0 Å². The number of carbonyl (C=O) groups excluding carboxylic acids is 1. The van der Waals surface area contributed by atoms with Gasteiger partial charge in [-0.25, -0.2) is 0 Å². The van der Waals surface area contributed by atoms with E-state index in [1.807, 2.05) is 19.9 Å². The summed E-state index contributed by atoms with van der Waals surface area (Å²) in [5.41, 5.74) is 0.203. The molecule has 4 nitrogen and oxygen atoms in total. The molecule has 0 bridgehead atoms. The van der Waals surface area contributed by atoms with Crippen LogP contribution in [0.25, 0.3) is 0 Å². The number of nitrogens with one attached hydrogen (secondary N) is 1. The lowest BCUT2D eigenvalue weighted by atomic mass is 9.90. The van der Waals surface area contributed by atoms with Crippen LogP contribution in [0.5, 0.6) is 0 Å². The van der Waals surface area contributed by atoms with Crippen molar-refractivity contribution in [2.45, 2.75) is 32.2 Å². The van der Waals surface area contributed by atoms with E-state index in [-0.39, 0.29) is 12.5 Å². The van der Waals surface area contributed by atoms with Crippen molar-refractivity contribution in [3.05, 3.63) is 21.4 Å². The summed E-state index contributed by atoms with van der Waals surface area (Å²) in [4.78, 5) is 14.4. The zero-order valence-electron chi connectivity index (χ0n) is 10.8. The Morgan fingerprint density at radius 2 is 2.17 bits per heavy atom. The minimum absolute atomic E-state index is 0.0374. The average molecular weight is 269 g/mol. The molecule has 2 heterocycles. The summed E-state index contributed by atoms with van der Waals surface area (Å²) in [5.74, 6) is -0.0900. The molecule has 0 radical (unpaired) electrons. The van der Waals surface area contributed by atoms with Crippen LogP contribution in [0.15, 0.2) is 6.07 Å². The quantitative estimate of drug-likeness (QED) is 0.877. The van der Waals surface area contributed by atoms with Gasteiger partial charge in [-0.2, -0.15) is 0 Å². The summed E-state index contributed by atoms with van der Waals surface area (Å²) in [6.45, 7) is 5.07. The van der Waals surface area contributed by atoms with Crippen LogP contribution in [0, 0.1) is 13.8 Å². The molecule has 1 aliphatic heterocycles. The summed E-state index contributed by atoms with van der Waals surface area (Å²) in [6, 6.07) is 1.90. The molecule has 5 heteroatoms. The Bertz CT molecular complexity index is 435. The Balaban J connectivity index is 2.12. The van der Waals surface area contributed by atoms with E-state index in [1.165, 1.54) is 0 Å². The largest absolute Gasteiger partial charge is 0.394 e. The summed E-state index contributed by atoms with van der Waals surface area (Å²) in [7, 11) is 0. The topological polar surface area (TPSA) is 58.6 Å². The van der Waals surface area contributed by atoms with Crippen molar-refractivity contribution in [2.75, 3.05) is 19.8 Å². The maximum absolute atomic E-state index is 12.3. The number of hydrogen-bond acceptors (Lipinski definition) is 4. The van der Waals surface area contributed by atoms with Gasteiger partial charge in [0.1, 0.15) is 0 Å². The van der Waals surface area contributed by atoms with E-state index in [0.29, 0.717) is 26.1 Å². The highest BCUT2D eigenvalue weighted by atomic mass is 32.1. The van der Waals surface area contributed by atoms with Crippen LogP contribution in [0.2, 0.25) is 0 Å². The number of thiophene rings is 1. The van der Waals surface area contributed by atoms with Crippen molar-refractivity contribution in [1.29, 1.82) is 0 Å². The number of carbonyl (C=O) groups is 1. The molecule has 2 N–H and O–H groups in total. The number of hydrogen-bond donors (Lipinski definition) is 2. The van der Waals surface area contributed by atoms with Crippen LogP contribution < -0.4 is 5.32 Å². The first-order valence-corrected chi connectivity index (χ1v) is 6.96. The number of aliphatic hydroxyl groups is 1. The molecule has 0 saturated carbocycles. The lowest BCUT2D eigenvalue weighted by Crippen LogP contribution is -2.54. The predicted molar refractivity (Wildman–Crippen MR) is 71.1 cm³/mol. The number of amides is 1. The van der Waals surface area contributed by atoms with Crippen molar-refractivity contribution in [2.24, 2.45) is 0 Å². The Morgan fingerprint density at radius 3 is 2.67 bits per heavy atom. The smallest absolute Gasteiger partial charge is 0.252 e. The third-order valence-electron chi connectivity index (χ3n) is 3.42. The highest BCUT2D eigenvalue weighted by Crippen LogP contribution is 2.24. The molecule has 0 aliphatic carbocycles. The van der Waals surface area contributed by atoms with Crippen LogP contribution in [-0.4, -0.2) is 36.4 Å². The minimum Gasteiger partial charge on any atom is -0.394 e. The standard InChI is InChI=1S/C13H19NO3S/c1-9-7-11(10(2)18-9)12(16)14-13(8-15)3-5-17-6-4-13/h7,15H,3-6,8H2,1-2H3,(H,14,16). The fourth-order valence-electron chi connectivity index (χ4n) is 2.25. The lowest BCUT2D eigenvalue weighted by Gasteiger charge is -2.36. The van der Waals surface area contributed by atoms with Crippen LogP contribution in [0.3, 0.4) is 0 Å². The second-order valence-corrected chi connectivity index (χ2v) is 6.29. The van der Waals surface area contributed by atoms with E-state index in [2.05, 4.69) is 5.32 Å². The van der Waals surface area contributed by atoms with Gasteiger partial charge >= 0.3 is 0 Å². The van der Waals surface area contributed by atoms with Crippen molar-refractivity contribution >= 4 is 17.2 Å². The fourth-order valence-corrected chi connectivity index (χ4v) is 3.17. The third kappa shape index (κ3) is 2.74. The van der Waals surface area contributed by atoms with Gasteiger partial charge in [0.15, 0.2) is 0 Å². The molecule has 0 aromatic carbocycles. The third-order valence-corrected chi connectivity index (χ3v) is 4.38. The molecule has 1 saturated heterocycles. The number of ether oxygens (including phenoxy) is 1. The molecule has 0 unspecified atom stereocenters. The van der Waals surface area contributed by atoms with Gasteiger partial charge in [0.05, 0.1) is 17.7 Å². The minimum atomic E-state index is -0.516. The first kappa shape index (κ1) is 13.5. The molecule has 100 valence electrons. The van der Waals surface area contributed by atoms with Gasteiger partial charge in [-0.15, -0.1) is 11.3 Å². The molecule has 1 amide bonds. The Kier molecular flexibility index (Phi) is 4.04. The van der Waals surface area contributed by atoms with Gasteiger partial charge in [0.25, 0.3) is 5.91 Å². The second kappa shape index (κ2) is 5.38. The van der Waals surface area contributed by atoms with Crippen LogP contribution in [0.1, 0.15) is 33.0 Å². The van der Waals surface area contributed by atoms with Crippen LogP contribution in [0.4, 0.5) is 0 Å². The number of aryl methyl sites for hydroxylation is 2. The van der Waals surface area contributed by atoms with Gasteiger partial charge in [0, 0.05) is 23.0 Å². The van der Waals surface area contributed by atoms with Gasteiger partial charge in [-0.3, -0.25) is 4.79 Å². The van der Waals surface area contributed by atoms with E-state index in [9.17, 15) is 9.90 Å². The van der Waals surface area contributed by atoms with Crippen molar-refractivity contribution in [3.8, 4) is 0 Å². The normalized spacial score (nSPS) is 18.6. The molecule has 1 aliphatic rings. The maximum Gasteiger partial charge on any atom is 0.252 e. The van der Waals surface area contributed by atoms with E-state index in [0.717, 1.165) is 15.3 Å². The molecule has 1 aromatic heterocycles. The van der Waals surface area contributed by atoms with Gasteiger partial charge in [-0.1, -0.05) is 0 Å². The summed E-state index contributed by atoms with van der Waals surface area (Å²) >= 11 is 1.62. The average Bonchev–Trinajstić information content (AvgIpc) is 2.70. The highest BCUT2D eigenvalue weighted by molar-refractivity contribution is 7.12. The van der Waals surface area contributed by atoms with Gasteiger partial charge in [0.2, 0.25) is 0 Å². The maximum atomic E-state index is 12.3. The Hall–Kier alpha value is -0.910. The number of rotatable bonds is 3. The van der Waals surface area contributed by atoms with Gasteiger partial charge < -0.3 is 15.2 Å². The van der Waals surface area contributed by atoms with E-state index in [4.69, 9.17) is 4.74 Å². The highest BCUT2D eigenvalue weighted by Gasteiger charge is 2.34. The SMILES string of the molecule is Cc1cc(C(=O)NC2(CO)CCOCC2)c(C)s1. The molecule has 0 spiro atoms. The molecule has 2 rings (SSSR count). The molecule has 1 aromatic rings. The zero-order valence-corrected chi connectivity index (χ0v) is 11.6. The monoisotopic (exact) mass is 269 g/mol. The Morgan fingerprint density at radius 1 is 1.50 bits per heavy atom. The van der Waals surface area contributed by atoms with E-state index in [1.54, 1.807) is 11.3 Å². The van der Waals surface area contributed by atoms with Crippen molar-refractivity contribution < 1.29 is 14.6 Å². The summed E-state index contributed by atoms with van der Waals surface area (Å²) < 4.78 is 5.28. The van der Waals surface area contributed by atoms with Crippen molar-refractivity contribution in [3.63, 3.8) is 0 Å². The second-order valence-electron chi connectivity index (χ2n) is 4.83. The zero-order chi connectivity index (χ0) is 13.2. The molecule has 1 fully saturated rings. The lowest BCUT2D eigenvalue weighted by molar-refractivity contribution is 0.0125. The van der Waals surface area contributed by atoms with Crippen LogP contribution >= 0.6 is 11.3 Å². The summed E-state index contributed by atoms with van der Waals surface area (Å²) in [6.07, 6.45) is 1.33. The van der Waals surface area contributed by atoms with Gasteiger partial charge in [-0.05, 0) is 32.8 Å². The molecular formula is C13H19NO3S. The number of aliphatic hydroxyl groups excluding tert-OH is 1. The summed E-state index contributed by atoms with van der Waals surface area (Å²) in [5, 5.41) is 12.5. The predicted octanol–water partition coefficient (Wildman–Crippen LogP) is 1.64. The fraction of sp³-hybridized carbons (Fsp3) is 0.615. The first-order chi connectivity index (χ1) is 8.56. The van der Waals surface area contributed by atoms with Crippen LogP contribution in [-0.2, 0) is 4.74 Å². The van der Waals surface area contributed by atoms with Crippen molar-refractivity contribution in [1.82, 2.24) is 5.32 Å². The first-order valence-electron chi connectivity index (χ1n) is 6.14. The Labute approximate surface area is 111 Å². The molecule has 0 atom stereocenters. The van der Waals surface area contributed by atoms with E-state index < -0.39 is 5.54 Å². The molecule has 18 heavy (non-hydrogen) atoms.